The number of halogens is 3. The molecular weight excluding hydrogens is 453 g/mol. The SMILES string of the molecule is CC(OC[C@H](O)CNC(C)(C)Cc1ccc2ccccc2c1)c1ccc(Cl)cc1Cl.Cl. The van der Waals surface area contributed by atoms with Crippen LogP contribution in [0.4, 0.5) is 0 Å². The first kappa shape index (κ1) is 25.9. The zero-order chi connectivity index (χ0) is 21.7. The van der Waals surface area contributed by atoms with Crippen molar-refractivity contribution in [3.63, 3.8) is 0 Å². The van der Waals surface area contributed by atoms with Gasteiger partial charge >= 0.3 is 0 Å². The number of ether oxygens (including phenoxy) is 1. The maximum absolute atomic E-state index is 10.4. The van der Waals surface area contributed by atoms with Gasteiger partial charge in [-0.1, -0.05) is 71.7 Å². The monoisotopic (exact) mass is 481 g/mol. The summed E-state index contributed by atoms with van der Waals surface area (Å²) in [5.74, 6) is 0. The Morgan fingerprint density at radius 3 is 2.42 bits per heavy atom. The molecule has 0 radical (unpaired) electrons. The predicted molar refractivity (Wildman–Crippen MR) is 134 cm³/mol. The summed E-state index contributed by atoms with van der Waals surface area (Å²) in [5.41, 5.74) is 1.97. The molecule has 31 heavy (non-hydrogen) atoms. The lowest BCUT2D eigenvalue weighted by atomic mass is 9.93. The van der Waals surface area contributed by atoms with Crippen molar-refractivity contribution in [2.75, 3.05) is 13.2 Å². The van der Waals surface area contributed by atoms with Crippen molar-refractivity contribution in [1.29, 1.82) is 0 Å². The lowest BCUT2D eigenvalue weighted by molar-refractivity contribution is -0.00413. The molecule has 3 nitrogen and oxygen atoms in total. The van der Waals surface area contributed by atoms with Crippen molar-refractivity contribution in [2.45, 2.75) is 44.9 Å². The fourth-order valence-electron chi connectivity index (χ4n) is 3.55. The van der Waals surface area contributed by atoms with E-state index in [1.165, 1.54) is 16.3 Å². The van der Waals surface area contributed by atoms with Crippen LogP contribution in [0.15, 0.2) is 60.7 Å². The van der Waals surface area contributed by atoms with Gasteiger partial charge in [0.15, 0.2) is 0 Å². The Bertz CT molecular complexity index is 993. The lowest BCUT2D eigenvalue weighted by Gasteiger charge is -2.28. The molecule has 168 valence electrons. The van der Waals surface area contributed by atoms with Gasteiger partial charge in [-0.05, 0) is 61.2 Å². The first-order chi connectivity index (χ1) is 14.2. The van der Waals surface area contributed by atoms with Crippen molar-refractivity contribution in [3.05, 3.63) is 81.8 Å². The topological polar surface area (TPSA) is 41.5 Å². The Balaban J connectivity index is 0.00000341. The van der Waals surface area contributed by atoms with Crippen molar-refractivity contribution in [3.8, 4) is 0 Å². The van der Waals surface area contributed by atoms with E-state index in [1.807, 2.05) is 13.0 Å². The maximum Gasteiger partial charge on any atom is 0.0898 e. The number of aliphatic hydroxyl groups excluding tert-OH is 1. The molecule has 0 bridgehead atoms. The van der Waals surface area contributed by atoms with Gasteiger partial charge in [-0.3, -0.25) is 0 Å². The van der Waals surface area contributed by atoms with Gasteiger partial charge in [-0.2, -0.15) is 0 Å². The molecule has 0 aromatic heterocycles. The minimum absolute atomic E-state index is 0. The van der Waals surface area contributed by atoms with E-state index in [9.17, 15) is 5.11 Å². The van der Waals surface area contributed by atoms with Crippen molar-refractivity contribution < 1.29 is 9.84 Å². The highest BCUT2D eigenvalue weighted by Crippen LogP contribution is 2.28. The normalized spacial score (nSPS) is 13.6. The number of hydrogen-bond donors (Lipinski definition) is 2. The van der Waals surface area contributed by atoms with E-state index < -0.39 is 6.10 Å². The van der Waals surface area contributed by atoms with E-state index in [-0.39, 0.29) is 30.7 Å². The van der Waals surface area contributed by atoms with Crippen molar-refractivity contribution in [1.82, 2.24) is 5.32 Å². The molecule has 0 spiro atoms. The zero-order valence-corrected chi connectivity index (χ0v) is 20.4. The van der Waals surface area contributed by atoms with Gasteiger partial charge in [-0.25, -0.2) is 0 Å². The molecule has 2 atom stereocenters. The highest BCUT2D eigenvalue weighted by molar-refractivity contribution is 6.35. The Labute approximate surface area is 201 Å². The first-order valence-corrected chi connectivity index (χ1v) is 11.0. The summed E-state index contributed by atoms with van der Waals surface area (Å²) >= 11 is 12.2. The van der Waals surface area contributed by atoms with Crippen LogP contribution < -0.4 is 5.32 Å². The van der Waals surface area contributed by atoms with Crippen LogP contribution in [0.2, 0.25) is 10.0 Å². The van der Waals surface area contributed by atoms with Gasteiger partial charge in [0.1, 0.15) is 0 Å². The fourth-order valence-corrected chi connectivity index (χ4v) is 4.11. The quantitative estimate of drug-likeness (QED) is 0.360. The molecule has 0 aliphatic rings. The van der Waals surface area contributed by atoms with Gasteiger partial charge in [0.25, 0.3) is 0 Å². The highest BCUT2D eigenvalue weighted by atomic mass is 35.5. The lowest BCUT2D eigenvalue weighted by Crippen LogP contribution is -2.46. The van der Waals surface area contributed by atoms with Crippen LogP contribution in [0, 0.1) is 0 Å². The Hall–Kier alpha value is -1.33. The van der Waals surface area contributed by atoms with Crippen LogP contribution >= 0.6 is 35.6 Å². The number of fused-ring (bicyclic) bond motifs is 1. The third-order valence-corrected chi connectivity index (χ3v) is 5.78. The second-order valence-electron chi connectivity index (χ2n) is 8.42. The summed E-state index contributed by atoms with van der Waals surface area (Å²) in [7, 11) is 0. The molecule has 2 N–H and O–H groups in total. The molecule has 0 aliphatic carbocycles. The van der Waals surface area contributed by atoms with Crippen LogP contribution in [-0.2, 0) is 11.2 Å². The molecule has 1 unspecified atom stereocenters. The van der Waals surface area contributed by atoms with Gasteiger partial charge in [0, 0.05) is 22.1 Å². The molecule has 0 saturated carbocycles. The number of β-amino-alcohol motifs (C(OH)–C–C–N with tert-alkyl or cyclic N) is 1. The Kier molecular flexibility index (Phi) is 9.63. The van der Waals surface area contributed by atoms with Gasteiger partial charge in [0.05, 0.1) is 18.8 Å². The average Bonchev–Trinajstić information content (AvgIpc) is 2.70. The van der Waals surface area contributed by atoms with Crippen LogP contribution in [0.5, 0.6) is 0 Å². The minimum atomic E-state index is -0.616. The summed E-state index contributed by atoms with van der Waals surface area (Å²) < 4.78 is 5.82. The van der Waals surface area contributed by atoms with E-state index in [1.54, 1.807) is 12.1 Å². The molecule has 0 aliphatic heterocycles. The number of rotatable bonds is 9. The summed E-state index contributed by atoms with van der Waals surface area (Å²) in [6.07, 6.45) is 0.0202. The highest BCUT2D eigenvalue weighted by Gasteiger charge is 2.20. The van der Waals surface area contributed by atoms with Crippen LogP contribution in [0.3, 0.4) is 0 Å². The van der Waals surface area contributed by atoms with E-state index >= 15 is 0 Å². The van der Waals surface area contributed by atoms with Crippen molar-refractivity contribution >= 4 is 46.4 Å². The van der Waals surface area contributed by atoms with E-state index in [0.717, 1.165) is 12.0 Å². The standard InChI is InChI=1S/C25H29Cl2NO2.ClH/c1-17(23-11-10-21(26)13-24(23)27)30-16-22(29)15-28-25(2,3)14-18-8-9-19-6-4-5-7-20(19)12-18;/h4-13,17,22,28-29H,14-16H2,1-3H3;1H/t17?,22-;/m1./s1. The third kappa shape index (κ3) is 7.64. The van der Waals surface area contributed by atoms with Crippen LogP contribution in [0.25, 0.3) is 10.8 Å². The van der Waals surface area contributed by atoms with Gasteiger partial charge in [0.2, 0.25) is 0 Å². The summed E-state index contributed by atoms with van der Waals surface area (Å²) in [4.78, 5) is 0. The van der Waals surface area contributed by atoms with Gasteiger partial charge < -0.3 is 15.2 Å². The zero-order valence-electron chi connectivity index (χ0n) is 18.1. The Morgan fingerprint density at radius 2 is 1.71 bits per heavy atom. The second-order valence-corrected chi connectivity index (χ2v) is 9.26. The van der Waals surface area contributed by atoms with Crippen molar-refractivity contribution in [2.24, 2.45) is 0 Å². The molecule has 3 aromatic carbocycles. The molecule has 0 saturated heterocycles. The average molecular weight is 483 g/mol. The fraction of sp³-hybridized carbons (Fsp3) is 0.360. The number of hydrogen-bond acceptors (Lipinski definition) is 3. The van der Waals surface area contributed by atoms with E-state index in [2.05, 4.69) is 61.6 Å². The molecule has 0 fully saturated rings. The second kappa shape index (κ2) is 11.5. The van der Waals surface area contributed by atoms with Crippen LogP contribution in [-0.4, -0.2) is 29.9 Å². The molecule has 3 aromatic rings. The smallest absolute Gasteiger partial charge is 0.0898 e. The molecule has 3 rings (SSSR count). The molecule has 0 amide bonds. The maximum atomic E-state index is 10.4. The third-order valence-electron chi connectivity index (χ3n) is 5.22. The molecule has 0 heterocycles. The summed E-state index contributed by atoms with van der Waals surface area (Å²) in [5, 5.41) is 17.5. The largest absolute Gasteiger partial charge is 0.389 e. The first-order valence-electron chi connectivity index (χ1n) is 10.2. The summed E-state index contributed by atoms with van der Waals surface area (Å²) in [6.45, 7) is 6.87. The van der Waals surface area contributed by atoms with E-state index in [4.69, 9.17) is 27.9 Å². The molecular formula is C25H30Cl3NO2. The molecule has 6 heteroatoms. The number of benzene rings is 3. The van der Waals surface area contributed by atoms with E-state index in [0.29, 0.717) is 16.6 Å². The predicted octanol–water partition coefficient (Wildman–Crippen LogP) is 6.62. The summed E-state index contributed by atoms with van der Waals surface area (Å²) in [6, 6.07) is 20.3. The van der Waals surface area contributed by atoms with Gasteiger partial charge in [-0.15, -0.1) is 12.4 Å². The van der Waals surface area contributed by atoms with Crippen LogP contribution in [0.1, 0.15) is 38.0 Å². The number of nitrogens with one attached hydrogen (secondary N) is 1. The Morgan fingerprint density at radius 1 is 1.00 bits per heavy atom. The number of aliphatic hydroxyl groups is 1. The minimum Gasteiger partial charge on any atom is -0.389 e.